The Morgan fingerprint density at radius 2 is 1.81 bits per heavy atom. The Bertz CT molecular complexity index is 826. The van der Waals surface area contributed by atoms with Crippen molar-refractivity contribution in [1.29, 1.82) is 0 Å². The highest BCUT2D eigenvalue weighted by atomic mass is 32.2. The van der Waals surface area contributed by atoms with Crippen LogP contribution in [-0.2, 0) is 31.8 Å². The zero-order valence-electron chi connectivity index (χ0n) is 15.1. The summed E-state index contributed by atoms with van der Waals surface area (Å²) in [6.07, 6.45) is 3.07. The van der Waals surface area contributed by atoms with E-state index in [9.17, 15) is 9.00 Å². The summed E-state index contributed by atoms with van der Waals surface area (Å²) < 4.78 is 27.1. The quantitative estimate of drug-likeness (QED) is 0.382. The van der Waals surface area contributed by atoms with E-state index in [2.05, 4.69) is 5.87 Å². The van der Waals surface area contributed by atoms with E-state index >= 15 is 0 Å². The van der Waals surface area contributed by atoms with Crippen molar-refractivity contribution in [2.45, 2.75) is 19.4 Å². The Hall–Kier alpha value is -2.31. The molecule has 0 saturated carbocycles. The van der Waals surface area contributed by atoms with E-state index in [1.807, 2.05) is 36.4 Å². The van der Waals surface area contributed by atoms with Gasteiger partial charge in [0.05, 0.1) is 29.1 Å². The van der Waals surface area contributed by atoms with E-state index in [-0.39, 0.29) is 12.6 Å². The number of aryl methyl sites for hydroxylation is 1. The maximum atomic E-state index is 11.8. The molecule has 2 aromatic rings. The van der Waals surface area contributed by atoms with Crippen molar-refractivity contribution in [2.24, 2.45) is 0 Å². The molecule has 1 atom stereocenters. The predicted molar refractivity (Wildman–Crippen MR) is 104 cm³/mol. The lowest BCUT2D eigenvalue weighted by Crippen LogP contribution is -2.07. The SMILES string of the molecule is C=S(C)(=O)OCCCc1ccc(OCc2ccccc2C(=O)OC)cc1. The fourth-order valence-corrected chi connectivity index (χ4v) is 2.85. The van der Waals surface area contributed by atoms with Crippen molar-refractivity contribution < 1.29 is 22.7 Å². The van der Waals surface area contributed by atoms with Crippen LogP contribution < -0.4 is 4.74 Å². The largest absolute Gasteiger partial charge is 0.489 e. The molecule has 0 saturated heterocycles. The van der Waals surface area contributed by atoms with Gasteiger partial charge in [-0.3, -0.25) is 4.18 Å². The predicted octanol–water partition coefficient (Wildman–Crippen LogP) is 3.26. The van der Waals surface area contributed by atoms with Gasteiger partial charge in [0.25, 0.3) is 0 Å². The minimum atomic E-state index is -2.38. The highest BCUT2D eigenvalue weighted by Crippen LogP contribution is 2.17. The number of hydrogen-bond acceptors (Lipinski definition) is 5. The Balaban J connectivity index is 1.87. The average Bonchev–Trinajstić information content (AvgIpc) is 2.63. The number of benzene rings is 2. The molecule has 0 aliphatic carbocycles. The van der Waals surface area contributed by atoms with Gasteiger partial charge in [-0.15, -0.1) is 0 Å². The second-order valence-corrected chi connectivity index (χ2v) is 8.02. The molecule has 26 heavy (non-hydrogen) atoms. The maximum absolute atomic E-state index is 11.8. The topological polar surface area (TPSA) is 61.8 Å². The van der Waals surface area contributed by atoms with Crippen LogP contribution in [0.25, 0.3) is 0 Å². The summed E-state index contributed by atoms with van der Waals surface area (Å²) in [5.41, 5.74) is 2.42. The van der Waals surface area contributed by atoms with Gasteiger partial charge in [0.1, 0.15) is 12.4 Å². The van der Waals surface area contributed by atoms with Crippen LogP contribution in [0.1, 0.15) is 27.9 Å². The average molecular weight is 376 g/mol. The van der Waals surface area contributed by atoms with Crippen molar-refractivity contribution in [3.05, 3.63) is 65.2 Å². The zero-order chi connectivity index (χ0) is 19.0. The van der Waals surface area contributed by atoms with Crippen LogP contribution in [0.3, 0.4) is 0 Å². The number of esters is 1. The molecule has 0 aliphatic rings. The molecule has 0 amide bonds. The Morgan fingerprint density at radius 1 is 1.12 bits per heavy atom. The molecular formula is C20H24O5S. The molecule has 0 bridgehead atoms. The van der Waals surface area contributed by atoms with Gasteiger partial charge in [0.2, 0.25) is 0 Å². The first-order valence-corrected chi connectivity index (χ1v) is 10.3. The van der Waals surface area contributed by atoms with E-state index < -0.39 is 9.80 Å². The van der Waals surface area contributed by atoms with Crippen LogP contribution in [0, 0.1) is 0 Å². The maximum Gasteiger partial charge on any atom is 0.338 e. The Kier molecular flexibility index (Phi) is 7.24. The first-order valence-electron chi connectivity index (χ1n) is 8.23. The Morgan fingerprint density at radius 3 is 2.46 bits per heavy atom. The first-order chi connectivity index (χ1) is 12.4. The molecule has 2 rings (SSSR count). The van der Waals surface area contributed by atoms with E-state index in [1.54, 1.807) is 12.1 Å². The van der Waals surface area contributed by atoms with Crippen LogP contribution in [0.5, 0.6) is 5.75 Å². The lowest BCUT2D eigenvalue weighted by molar-refractivity contribution is 0.0597. The van der Waals surface area contributed by atoms with Crippen molar-refractivity contribution in [3.63, 3.8) is 0 Å². The summed E-state index contributed by atoms with van der Waals surface area (Å²) >= 11 is 0. The smallest absolute Gasteiger partial charge is 0.338 e. The monoisotopic (exact) mass is 376 g/mol. The summed E-state index contributed by atoms with van der Waals surface area (Å²) in [5.74, 6) is 3.80. The highest BCUT2D eigenvalue weighted by Gasteiger charge is 2.11. The van der Waals surface area contributed by atoms with Crippen molar-refractivity contribution in [3.8, 4) is 5.75 Å². The summed E-state index contributed by atoms with van der Waals surface area (Å²) in [4.78, 5) is 11.8. The normalized spacial score (nSPS) is 13.0. The van der Waals surface area contributed by atoms with E-state index in [4.69, 9.17) is 13.7 Å². The summed E-state index contributed by atoms with van der Waals surface area (Å²) in [7, 11) is -1.02. The molecule has 5 nitrogen and oxygen atoms in total. The molecule has 0 aromatic heterocycles. The van der Waals surface area contributed by atoms with Crippen molar-refractivity contribution >= 4 is 21.6 Å². The van der Waals surface area contributed by atoms with Gasteiger partial charge in [-0.05, 0) is 42.5 Å². The van der Waals surface area contributed by atoms with E-state index in [0.717, 1.165) is 29.7 Å². The van der Waals surface area contributed by atoms with Crippen LogP contribution in [0.4, 0.5) is 0 Å². The van der Waals surface area contributed by atoms with Crippen LogP contribution >= 0.6 is 0 Å². The van der Waals surface area contributed by atoms with Gasteiger partial charge in [-0.1, -0.05) is 30.3 Å². The zero-order valence-corrected chi connectivity index (χ0v) is 15.9. The summed E-state index contributed by atoms with van der Waals surface area (Å²) in [6, 6.07) is 15.0. The fraction of sp³-hybridized carbons (Fsp3) is 0.300. The standard InChI is InChI=1S/C20H24O5S/c1-23-20(21)19-9-5-4-8-17(19)15-24-18-12-10-16(11-13-18)7-6-14-25-26(2,3)22/h4-5,8-13H,2,6-7,14-15H2,1,3H3. The third-order valence-electron chi connectivity index (χ3n) is 3.68. The lowest BCUT2D eigenvalue weighted by Gasteiger charge is -2.10. The molecule has 0 fully saturated rings. The molecule has 6 heteroatoms. The molecule has 0 radical (unpaired) electrons. The number of ether oxygens (including phenoxy) is 2. The van der Waals surface area contributed by atoms with Crippen molar-refractivity contribution in [1.82, 2.24) is 0 Å². The molecule has 140 valence electrons. The van der Waals surface area contributed by atoms with Gasteiger partial charge in [0.15, 0.2) is 0 Å². The van der Waals surface area contributed by atoms with E-state index in [0.29, 0.717) is 12.2 Å². The van der Waals surface area contributed by atoms with Gasteiger partial charge < -0.3 is 9.47 Å². The summed E-state index contributed by atoms with van der Waals surface area (Å²) in [6.45, 7) is 0.703. The van der Waals surface area contributed by atoms with Crippen LogP contribution in [0.2, 0.25) is 0 Å². The van der Waals surface area contributed by atoms with Gasteiger partial charge in [-0.25, -0.2) is 9.00 Å². The molecule has 0 spiro atoms. The number of carbonyl (C=O) groups is 1. The molecule has 2 aromatic carbocycles. The minimum Gasteiger partial charge on any atom is -0.489 e. The molecule has 0 N–H and O–H groups in total. The van der Waals surface area contributed by atoms with Crippen molar-refractivity contribution in [2.75, 3.05) is 20.0 Å². The third-order valence-corrected chi connectivity index (χ3v) is 4.35. The first kappa shape index (κ1) is 20.0. The third kappa shape index (κ3) is 6.54. The van der Waals surface area contributed by atoms with Crippen LogP contribution in [0.15, 0.2) is 48.5 Å². The lowest BCUT2D eigenvalue weighted by atomic mass is 10.1. The molecule has 0 aliphatic heterocycles. The minimum absolute atomic E-state index is 0.285. The second kappa shape index (κ2) is 9.40. The number of methoxy groups -OCH3 is 1. The van der Waals surface area contributed by atoms with Gasteiger partial charge in [0, 0.05) is 11.8 Å². The Labute approximate surface area is 155 Å². The highest BCUT2D eigenvalue weighted by molar-refractivity contribution is 7.95. The summed E-state index contributed by atoms with van der Waals surface area (Å²) in [5, 5.41) is 0. The fourth-order valence-electron chi connectivity index (χ4n) is 2.38. The van der Waals surface area contributed by atoms with Crippen LogP contribution in [-0.4, -0.2) is 36.0 Å². The van der Waals surface area contributed by atoms with Gasteiger partial charge in [-0.2, -0.15) is 0 Å². The molecule has 0 heterocycles. The number of rotatable bonds is 9. The van der Waals surface area contributed by atoms with Gasteiger partial charge >= 0.3 is 5.97 Å². The van der Waals surface area contributed by atoms with E-state index in [1.165, 1.54) is 13.4 Å². The second-order valence-electron chi connectivity index (χ2n) is 5.93. The number of hydrogen-bond donors (Lipinski definition) is 0. The molecular weight excluding hydrogens is 352 g/mol. The molecule has 1 unspecified atom stereocenters. The number of carbonyl (C=O) groups excluding carboxylic acids is 1.